The molecule has 2 aromatic heterocycles. The third-order valence-corrected chi connectivity index (χ3v) is 8.19. The molecule has 2 unspecified atom stereocenters. The zero-order chi connectivity index (χ0) is 26.4. The number of nitrogens with zero attached hydrogens (tertiary/aromatic N) is 7. The Kier molecular flexibility index (Phi) is 6.72. The first-order valence-electron chi connectivity index (χ1n) is 13.7. The van der Waals surface area contributed by atoms with Gasteiger partial charge in [-0.05, 0) is 37.6 Å². The van der Waals surface area contributed by atoms with Crippen LogP contribution in [0.4, 0.5) is 11.5 Å². The molecule has 3 aliphatic heterocycles. The van der Waals surface area contributed by atoms with E-state index in [-0.39, 0.29) is 12.2 Å². The van der Waals surface area contributed by atoms with Crippen molar-refractivity contribution in [2.75, 3.05) is 55.6 Å². The van der Waals surface area contributed by atoms with Gasteiger partial charge in [-0.3, -0.25) is 14.9 Å². The smallest absolute Gasteiger partial charge is 0.165 e. The van der Waals surface area contributed by atoms with Crippen LogP contribution in [-0.2, 0) is 11.3 Å². The van der Waals surface area contributed by atoms with Gasteiger partial charge in [0.2, 0.25) is 0 Å². The molecule has 1 N–H and O–H groups in total. The second-order valence-corrected chi connectivity index (χ2v) is 10.9. The van der Waals surface area contributed by atoms with E-state index in [1.807, 2.05) is 27.8 Å². The number of ether oxygens (including phenoxy) is 1. The zero-order valence-electron chi connectivity index (χ0n) is 22.7. The molecule has 0 aliphatic carbocycles. The lowest BCUT2D eigenvalue weighted by Crippen LogP contribution is -2.54. The molecule has 194 valence electrons. The first-order chi connectivity index (χ1) is 18.4. The third kappa shape index (κ3) is 4.73. The van der Waals surface area contributed by atoms with Crippen molar-refractivity contribution in [2.24, 2.45) is 0 Å². The lowest BCUT2D eigenvalue weighted by atomic mass is 9.90. The van der Waals surface area contributed by atoms with E-state index >= 15 is 0 Å². The van der Waals surface area contributed by atoms with E-state index in [0.29, 0.717) is 17.1 Å². The van der Waals surface area contributed by atoms with Gasteiger partial charge in [-0.2, -0.15) is 5.26 Å². The molecule has 9 nitrogen and oxygen atoms in total. The average Bonchev–Trinajstić information content (AvgIpc) is 3.29. The fourth-order valence-corrected chi connectivity index (χ4v) is 6.00. The van der Waals surface area contributed by atoms with E-state index in [1.54, 1.807) is 0 Å². The van der Waals surface area contributed by atoms with Crippen molar-refractivity contribution in [3.8, 4) is 6.07 Å². The van der Waals surface area contributed by atoms with Crippen LogP contribution in [0.2, 0.25) is 0 Å². The van der Waals surface area contributed by atoms with Crippen LogP contribution < -0.4 is 26.3 Å². The molecule has 3 atom stereocenters. The summed E-state index contributed by atoms with van der Waals surface area (Å²) in [5.41, 5.74) is 7.36. The van der Waals surface area contributed by atoms with Crippen LogP contribution in [0.15, 0.2) is 24.3 Å². The maximum absolute atomic E-state index is 9.64. The summed E-state index contributed by atoms with van der Waals surface area (Å²) in [6.07, 6.45) is 0.202. The molecule has 11 heteroatoms. The number of benzene rings is 1. The Morgan fingerprint density at radius 1 is 0.974 bits per heavy atom. The Morgan fingerprint density at radius 2 is 1.74 bits per heavy atom. The van der Waals surface area contributed by atoms with E-state index in [4.69, 9.17) is 19.7 Å². The molecule has 0 saturated carbocycles. The van der Waals surface area contributed by atoms with Crippen molar-refractivity contribution < 1.29 is 4.74 Å². The van der Waals surface area contributed by atoms with Crippen LogP contribution in [0.3, 0.4) is 0 Å². The third-order valence-electron chi connectivity index (χ3n) is 8.19. The van der Waals surface area contributed by atoms with E-state index < -0.39 is 0 Å². The number of morpholine rings is 1. The predicted molar refractivity (Wildman–Crippen MR) is 155 cm³/mol. The summed E-state index contributed by atoms with van der Waals surface area (Å²) in [4.78, 5) is 21.8. The van der Waals surface area contributed by atoms with Crippen molar-refractivity contribution in [2.45, 2.75) is 38.6 Å². The molecule has 5 heterocycles. The highest BCUT2D eigenvalue weighted by Gasteiger charge is 2.30. The highest BCUT2D eigenvalue weighted by Crippen LogP contribution is 2.29. The van der Waals surface area contributed by atoms with E-state index in [9.17, 15) is 5.26 Å². The minimum atomic E-state index is 0.0983. The van der Waals surface area contributed by atoms with E-state index in [0.717, 1.165) is 80.6 Å². The Labute approximate surface area is 226 Å². The monoisotopic (exact) mass is 508 g/mol. The summed E-state index contributed by atoms with van der Waals surface area (Å²) in [5.74, 6) is 1.09. The van der Waals surface area contributed by atoms with Crippen LogP contribution >= 0.6 is 0 Å². The van der Waals surface area contributed by atoms with Crippen molar-refractivity contribution >= 4 is 49.4 Å². The number of nitrogens with one attached hydrogen (secondary N) is 1. The number of fused-ring (bicyclic) bond motifs is 2. The number of aromatic nitrogens is 3. The Bertz CT molecular complexity index is 1400. The highest BCUT2D eigenvalue weighted by molar-refractivity contribution is 6.46. The minimum Gasteiger partial charge on any atom is -0.370 e. The zero-order valence-corrected chi connectivity index (χ0v) is 22.7. The quantitative estimate of drug-likeness (QED) is 0.446. The molecule has 0 spiro atoms. The van der Waals surface area contributed by atoms with Crippen LogP contribution in [0.5, 0.6) is 0 Å². The molecule has 38 heavy (non-hydrogen) atoms. The second kappa shape index (κ2) is 10.2. The fraction of sp³-hybridized carbons (Fsp3) is 0.481. The van der Waals surface area contributed by atoms with Gasteiger partial charge < -0.3 is 19.9 Å². The van der Waals surface area contributed by atoms with Gasteiger partial charge in [0.25, 0.3) is 0 Å². The molecular formula is C27H34B2N8O. The Balaban J connectivity index is 1.13. The number of rotatable bonds is 4. The van der Waals surface area contributed by atoms with Gasteiger partial charge in [-0.25, -0.2) is 4.98 Å². The molecule has 6 rings (SSSR count). The Hall–Kier alpha value is -3.19. The minimum absolute atomic E-state index is 0.0983. The largest absolute Gasteiger partial charge is 0.370 e. The van der Waals surface area contributed by atoms with Gasteiger partial charge in [0.1, 0.15) is 22.9 Å². The SMILES string of the molecule is Bc1nc2c(C#N)ccc(N3CC(C)OC(CN4CCN(c5ccc6c(n5)CN[C@@H]6C)CC4)C3)c2nc1B. The molecule has 0 bridgehead atoms. The molecular weight excluding hydrogens is 474 g/mol. The molecule has 2 fully saturated rings. The number of piperazine rings is 1. The summed E-state index contributed by atoms with van der Waals surface area (Å²) in [6, 6.07) is 11.0. The number of hydrogen-bond donors (Lipinski definition) is 1. The summed E-state index contributed by atoms with van der Waals surface area (Å²) in [7, 11) is 3.92. The maximum Gasteiger partial charge on any atom is 0.165 e. The van der Waals surface area contributed by atoms with Gasteiger partial charge in [-0.1, -0.05) is 6.07 Å². The number of hydrogen-bond acceptors (Lipinski definition) is 9. The predicted octanol–water partition coefficient (Wildman–Crippen LogP) is -1.01. The highest BCUT2D eigenvalue weighted by atomic mass is 16.5. The molecule has 1 aromatic carbocycles. The fourth-order valence-electron chi connectivity index (χ4n) is 6.00. The van der Waals surface area contributed by atoms with Gasteiger partial charge in [-0.15, -0.1) is 0 Å². The lowest BCUT2D eigenvalue weighted by molar-refractivity contribution is -0.0327. The van der Waals surface area contributed by atoms with Gasteiger partial charge in [0.15, 0.2) is 15.7 Å². The van der Waals surface area contributed by atoms with Crippen molar-refractivity contribution in [1.82, 2.24) is 25.2 Å². The first kappa shape index (κ1) is 25.1. The molecule has 0 amide bonds. The van der Waals surface area contributed by atoms with Crippen molar-refractivity contribution in [3.63, 3.8) is 0 Å². The summed E-state index contributed by atoms with van der Waals surface area (Å²) in [5, 5.41) is 13.1. The standard InChI is InChI=1S/C27H34B2N8O/c1-16-13-37(22-5-3-18(11-30)24-25(22)34-27(29)26(28)33-24)15-19(38-16)14-35-7-9-36(10-8-35)23-6-4-20-17(2)31-12-21(20)32-23/h3-6,16-17,19,31H,7-10,12-15,28-29H2,1-2H3/t16?,17-,19?/m1/s1. The topological polar surface area (TPSA) is 93.4 Å². The van der Waals surface area contributed by atoms with E-state index in [2.05, 4.69) is 52.1 Å². The molecule has 3 aliphatic rings. The number of pyridine rings is 1. The van der Waals surface area contributed by atoms with Crippen LogP contribution in [-0.4, -0.2) is 93.6 Å². The molecule has 3 aromatic rings. The van der Waals surface area contributed by atoms with Gasteiger partial charge >= 0.3 is 0 Å². The van der Waals surface area contributed by atoms with Crippen LogP contribution in [0.1, 0.15) is 36.7 Å². The molecule has 2 saturated heterocycles. The average molecular weight is 508 g/mol. The molecule has 0 radical (unpaired) electrons. The van der Waals surface area contributed by atoms with E-state index in [1.165, 1.54) is 11.3 Å². The van der Waals surface area contributed by atoms with Crippen LogP contribution in [0, 0.1) is 11.3 Å². The summed E-state index contributed by atoms with van der Waals surface area (Å²) >= 11 is 0. The normalized spacial score (nSPS) is 24.0. The summed E-state index contributed by atoms with van der Waals surface area (Å²) in [6.45, 7) is 11.6. The second-order valence-electron chi connectivity index (χ2n) is 10.9. The van der Waals surface area contributed by atoms with Gasteiger partial charge in [0, 0.05) is 69.6 Å². The number of anilines is 2. The van der Waals surface area contributed by atoms with Crippen molar-refractivity contribution in [3.05, 3.63) is 41.1 Å². The number of nitriles is 1. The lowest BCUT2D eigenvalue weighted by Gasteiger charge is -2.42. The summed E-state index contributed by atoms with van der Waals surface area (Å²) < 4.78 is 6.41. The van der Waals surface area contributed by atoms with Gasteiger partial charge in [0.05, 0.1) is 29.2 Å². The first-order valence-corrected chi connectivity index (χ1v) is 13.7. The van der Waals surface area contributed by atoms with Crippen LogP contribution in [0.25, 0.3) is 11.0 Å². The van der Waals surface area contributed by atoms with Crippen molar-refractivity contribution in [1.29, 1.82) is 5.26 Å². The Morgan fingerprint density at radius 3 is 2.50 bits per heavy atom. The maximum atomic E-state index is 9.64.